The van der Waals surface area contributed by atoms with E-state index in [0.29, 0.717) is 0 Å². The fraction of sp³-hybridized carbons (Fsp3) is 0.500. The smallest absolute Gasteiger partial charge is 0.387 e. The molecule has 6 aromatic rings. The lowest BCUT2D eigenvalue weighted by Gasteiger charge is -2.25. The molecule has 3 fully saturated rings. The Morgan fingerprint density at radius 2 is 0.843 bits per heavy atom. The van der Waals surface area contributed by atoms with Gasteiger partial charge >= 0.3 is 23.5 Å². The molecule has 0 saturated carbocycles. The Morgan fingerprint density at radius 1 is 0.514 bits per heavy atom. The molecule has 40 heteroatoms. The third-order valence-corrected chi connectivity index (χ3v) is 14.3. The highest BCUT2D eigenvalue weighted by atomic mass is 79.9. The van der Waals surface area contributed by atoms with E-state index in [-0.39, 0.29) is 65.1 Å². The van der Waals surface area contributed by atoms with Crippen LogP contribution in [0.5, 0.6) is 0 Å². The molecule has 3 aliphatic rings. The number of phosphoric ester groups is 3. The minimum atomic E-state index is -5.46. The average molecular weight is 1240 g/mol. The second-order valence-electron chi connectivity index (χ2n) is 15.2. The first-order valence-corrected chi connectivity index (χ1v) is 26.5. The number of halogens is 3. The van der Waals surface area contributed by atoms with Gasteiger partial charge in [-0.25, -0.2) is 58.6 Å². The Bertz CT molecular complexity index is 3120. The van der Waals surface area contributed by atoms with Crippen LogP contribution in [0, 0.1) is 0 Å². The van der Waals surface area contributed by atoms with Crippen LogP contribution in [0.2, 0.25) is 0 Å². The zero-order valence-electron chi connectivity index (χ0n) is 34.4. The monoisotopic (exact) mass is 1240 g/mol. The second-order valence-corrected chi connectivity index (χ2v) is 21.4. The van der Waals surface area contributed by atoms with Gasteiger partial charge in [-0.15, -0.1) is 0 Å². The number of nitrogens with zero attached hydrogens (tertiary/aromatic N) is 12. The molecular formula is C30H35Br3N15O19P3. The Hall–Kier alpha value is -3.46. The molecular weight excluding hydrogens is 1210 g/mol. The Kier molecular flexibility index (Phi) is 14.3. The summed E-state index contributed by atoms with van der Waals surface area (Å²) in [4.78, 5) is 77.6. The minimum absolute atomic E-state index is 0.00709. The number of hydrogen-bond acceptors (Lipinski definition) is 27. The maximum Gasteiger partial charge on any atom is 0.472 e. The molecule has 9 rings (SSSR count). The molecule has 14 atom stereocenters. The number of phosphoric acid groups is 3. The van der Waals surface area contributed by atoms with Gasteiger partial charge in [0, 0.05) is 0 Å². The zero-order valence-corrected chi connectivity index (χ0v) is 41.9. The highest BCUT2D eigenvalue weighted by Crippen LogP contribution is 2.53. The van der Waals surface area contributed by atoms with Crippen LogP contribution < -0.4 is 17.2 Å². The van der Waals surface area contributed by atoms with Crippen molar-refractivity contribution in [2.24, 2.45) is 0 Å². The summed E-state index contributed by atoms with van der Waals surface area (Å²) in [6.45, 7) is -2.91. The first-order chi connectivity index (χ1) is 32.9. The number of hydrogen-bond donors (Lipinski definition) is 11. The van der Waals surface area contributed by atoms with Gasteiger partial charge < -0.3 is 71.4 Å². The molecule has 2 unspecified atom stereocenters. The molecule has 14 N–H and O–H groups in total. The van der Waals surface area contributed by atoms with E-state index in [4.69, 9.17) is 49.5 Å². The molecule has 0 radical (unpaired) electrons. The van der Waals surface area contributed by atoms with Gasteiger partial charge in [0.25, 0.3) is 0 Å². The standard InChI is InChI=1S/C30H35Br3N15O19P3/c31-28-40-19(34)10-22(43-28)46(4-37-10)25-16(52)13(49)7(63-25)2-61-69(56,57)67-18-15(51)9(65-27(18)48-6-39-12-21(36)42-30(33)45-24(12)48)3-62-70(58,59)66-17-14(50)8(1-60-68(53,54)55)64-26(17)47-5-38-11-20(35)41-29(32)44-23(11)47/h4-9,13-18,25-27,49-52H,1-3H2,(H,56,57)(H,58,59)(H2,34,40,43)(H2,35,41,44)(H2,36,42,45)(H2,53,54,55)/t7-,8-,9-,13-,14-,15-,16-,17-,18-,25-,26-,27-/m1/s1. The van der Waals surface area contributed by atoms with Crippen LogP contribution in [0.25, 0.3) is 33.5 Å². The van der Waals surface area contributed by atoms with E-state index in [9.17, 15) is 53.7 Å². The predicted molar refractivity (Wildman–Crippen MR) is 237 cm³/mol. The van der Waals surface area contributed by atoms with Crippen molar-refractivity contribution in [3.8, 4) is 0 Å². The molecule has 0 spiro atoms. The van der Waals surface area contributed by atoms with Crippen LogP contribution in [0.4, 0.5) is 17.5 Å². The van der Waals surface area contributed by atoms with Crippen molar-refractivity contribution in [1.29, 1.82) is 0 Å². The number of rotatable bonds is 16. The van der Waals surface area contributed by atoms with Gasteiger partial charge in [0.15, 0.2) is 53.1 Å². The average Bonchev–Trinajstić information content (AvgIpc) is 4.13. The maximum absolute atomic E-state index is 13.7. The summed E-state index contributed by atoms with van der Waals surface area (Å²) < 4.78 is 85.9. The number of aliphatic hydroxyl groups is 4. The fourth-order valence-electron chi connectivity index (χ4n) is 7.65. The predicted octanol–water partition coefficient (Wildman–Crippen LogP) is -1.21. The SMILES string of the molecule is Nc1nc(Br)nc2c1ncn2[C@@H]1O[C@H](COP(=O)(O)O[C@@H]2[C@H](O)[C@@H](COP(=O)(O)O[C@@H]3[C@H](O)[C@@H](COP(=O)(O)O)O[C@H]3n3cnc4c(N)nc(Br)nc43)O[C@H]2n2cnc3c(N)nc(Br)nc32)[C@@H](O)[C@H]1O. The van der Waals surface area contributed by atoms with Crippen molar-refractivity contribution in [2.75, 3.05) is 37.0 Å². The zero-order chi connectivity index (χ0) is 50.4. The van der Waals surface area contributed by atoms with Gasteiger partial charge in [0.1, 0.15) is 71.5 Å². The summed E-state index contributed by atoms with van der Waals surface area (Å²) in [5.74, 6) is -0.238. The normalized spacial score (nSPS) is 30.2. The van der Waals surface area contributed by atoms with Crippen LogP contribution in [0.1, 0.15) is 18.7 Å². The van der Waals surface area contributed by atoms with Crippen molar-refractivity contribution >= 4 is 122 Å². The summed E-state index contributed by atoms with van der Waals surface area (Å²) in [5.41, 5.74) is 18.1. The number of aliphatic hydroxyl groups excluding tert-OH is 4. The summed E-state index contributed by atoms with van der Waals surface area (Å²) in [6, 6.07) is 0. The molecule has 0 aliphatic carbocycles. The Labute approximate surface area is 413 Å². The molecule has 70 heavy (non-hydrogen) atoms. The number of ether oxygens (including phenoxy) is 3. The molecule has 380 valence electrons. The number of fused-ring (bicyclic) bond motifs is 3. The fourth-order valence-corrected chi connectivity index (χ4v) is 10.9. The molecule has 0 bridgehead atoms. The quantitative estimate of drug-likeness (QED) is 0.0400. The van der Waals surface area contributed by atoms with Crippen LogP contribution >= 0.6 is 71.3 Å². The van der Waals surface area contributed by atoms with Gasteiger partial charge in [0.2, 0.25) is 14.2 Å². The molecule has 9 heterocycles. The lowest BCUT2D eigenvalue weighted by Crippen LogP contribution is -2.37. The van der Waals surface area contributed by atoms with Gasteiger partial charge in [-0.3, -0.25) is 36.3 Å². The summed E-state index contributed by atoms with van der Waals surface area (Å²) in [6.07, 6.45) is -17.4. The van der Waals surface area contributed by atoms with Crippen molar-refractivity contribution in [1.82, 2.24) is 58.6 Å². The topological polar surface area (TPSA) is 496 Å². The van der Waals surface area contributed by atoms with Crippen LogP contribution in [0.15, 0.2) is 33.2 Å². The molecule has 0 aromatic carbocycles. The Morgan fingerprint density at radius 3 is 1.21 bits per heavy atom. The van der Waals surface area contributed by atoms with Gasteiger partial charge in [0.05, 0.1) is 38.8 Å². The largest absolute Gasteiger partial charge is 0.472 e. The molecule has 0 amide bonds. The van der Waals surface area contributed by atoms with Gasteiger partial charge in [-0.2, -0.15) is 0 Å². The van der Waals surface area contributed by atoms with Gasteiger partial charge in [-0.1, -0.05) is 0 Å². The molecule has 3 aliphatic heterocycles. The van der Waals surface area contributed by atoms with Gasteiger partial charge in [-0.05, 0) is 47.8 Å². The van der Waals surface area contributed by atoms with Crippen molar-refractivity contribution in [3.63, 3.8) is 0 Å². The van der Waals surface area contributed by atoms with Crippen LogP contribution in [-0.2, 0) is 50.5 Å². The maximum atomic E-state index is 13.7. The van der Waals surface area contributed by atoms with E-state index in [1.54, 1.807) is 0 Å². The highest BCUT2D eigenvalue weighted by molar-refractivity contribution is 9.10. The van der Waals surface area contributed by atoms with Crippen molar-refractivity contribution < 1.29 is 90.5 Å². The van der Waals surface area contributed by atoms with E-state index in [2.05, 4.69) is 97.2 Å². The van der Waals surface area contributed by atoms with Crippen LogP contribution in [-0.4, -0.2) is 173 Å². The third kappa shape index (κ3) is 10.2. The lowest BCUT2D eigenvalue weighted by molar-refractivity contribution is -0.0644. The van der Waals surface area contributed by atoms with E-state index in [1.807, 2.05) is 0 Å². The van der Waals surface area contributed by atoms with Crippen LogP contribution in [0.3, 0.4) is 0 Å². The summed E-state index contributed by atoms with van der Waals surface area (Å²) >= 11 is 9.34. The molecule has 34 nitrogen and oxygen atoms in total. The summed E-state index contributed by atoms with van der Waals surface area (Å²) in [7, 11) is -16.0. The van der Waals surface area contributed by atoms with Crippen molar-refractivity contribution in [3.05, 3.63) is 33.2 Å². The van der Waals surface area contributed by atoms with E-state index in [1.165, 1.54) is 10.9 Å². The Balaban J connectivity index is 0.933. The highest BCUT2D eigenvalue weighted by Gasteiger charge is 2.53. The summed E-state index contributed by atoms with van der Waals surface area (Å²) in [5, 5.41) is 44.7. The first kappa shape index (κ1) is 51.4. The number of nitrogen functional groups attached to an aromatic ring is 3. The second kappa shape index (κ2) is 19.4. The number of imidazole rings is 3. The first-order valence-electron chi connectivity index (χ1n) is 19.6. The number of nitrogens with two attached hydrogens (primary N) is 3. The van der Waals surface area contributed by atoms with Crippen molar-refractivity contribution in [2.45, 2.75) is 73.6 Å². The third-order valence-electron chi connectivity index (χ3n) is 10.8. The molecule has 6 aromatic heterocycles. The number of anilines is 3. The molecule has 3 saturated heterocycles. The minimum Gasteiger partial charge on any atom is -0.387 e. The van der Waals surface area contributed by atoms with E-state index in [0.717, 1.165) is 21.8 Å². The van der Waals surface area contributed by atoms with E-state index >= 15 is 0 Å². The van der Waals surface area contributed by atoms with E-state index < -0.39 is 117 Å². The number of aromatic nitrogens is 12. The lowest BCUT2D eigenvalue weighted by atomic mass is 10.1.